The van der Waals surface area contributed by atoms with Gasteiger partial charge in [0.2, 0.25) is 0 Å². The fraction of sp³-hybridized carbons (Fsp3) is 0.348. The highest BCUT2D eigenvalue weighted by atomic mass is 16.3. The van der Waals surface area contributed by atoms with E-state index >= 15 is 0 Å². The Morgan fingerprint density at radius 1 is 1.04 bits per heavy atom. The molecule has 1 atom stereocenters. The maximum absolute atomic E-state index is 10.8. The van der Waals surface area contributed by atoms with Crippen LogP contribution >= 0.6 is 0 Å². The van der Waals surface area contributed by atoms with Gasteiger partial charge >= 0.3 is 0 Å². The molecule has 0 spiro atoms. The lowest BCUT2D eigenvalue weighted by Crippen LogP contribution is -2.44. The second kappa shape index (κ2) is 9.42. The van der Waals surface area contributed by atoms with Crippen LogP contribution in [-0.2, 0) is 12.1 Å². The van der Waals surface area contributed by atoms with E-state index in [1.54, 1.807) is 0 Å². The highest BCUT2D eigenvalue weighted by Gasteiger charge is 2.22. The summed E-state index contributed by atoms with van der Waals surface area (Å²) in [6.45, 7) is 7.53. The summed E-state index contributed by atoms with van der Waals surface area (Å²) in [5.41, 5.74) is 2.30. The fourth-order valence-corrected chi connectivity index (χ4v) is 3.17. The molecule has 0 amide bonds. The minimum atomic E-state index is -0.969. The molecule has 0 fully saturated rings. The van der Waals surface area contributed by atoms with Gasteiger partial charge in [0.25, 0.3) is 0 Å². The Labute approximate surface area is 167 Å². The van der Waals surface area contributed by atoms with Gasteiger partial charge in [0.15, 0.2) is 5.96 Å². The van der Waals surface area contributed by atoms with E-state index in [1.165, 1.54) is 5.69 Å². The molecule has 2 aromatic rings. The van der Waals surface area contributed by atoms with Crippen LogP contribution in [0.15, 0.2) is 71.7 Å². The van der Waals surface area contributed by atoms with Crippen molar-refractivity contribution in [1.82, 2.24) is 10.6 Å². The molecular formula is C23H30N4O. The summed E-state index contributed by atoms with van der Waals surface area (Å²) in [6.07, 6.45) is 4.38. The topological polar surface area (TPSA) is 59.9 Å². The lowest BCUT2D eigenvalue weighted by molar-refractivity contribution is 0.0617. The zero-order valence-electron chi connectivity index (χ0n) is 16.7. The van der Waals surface area contributed by atoms with Crippen molar-refractivity contribution in [3.05, 3.63) is 77.9 Å². The molecule has 148 valence electrons. The van der Waals surface area contributed by atoms with E-state index in [1.807, 2.05) is 44.2 Å². The normalized spacial score (nSPS) is 16.1. The fourth-order valence-electron chi connectivity index (χ4n) is 3.17. The Hall–Kier alpha value is -2.79. The van der Waals surface area contributed by atoms with E-state index in [-0.39, 0.29) is 0 Å². The van der Waals surface area contributed by atoms with Crippen LogP contribution < -0.4 is 15.5 Å². The van der Waals surface area contributed by atoms with E-state index in [2.05, 4.69) is 56.9 Å². The van der Waals surface area contributed by atoms with Crippen molar-refractivity contribution in [2.45, 2.75) is 26.0 Å². The Morgan fingerprint density at radius 3 is 2.36 bits per heavy atom. The highest BCUT2D eigenvalue weighted by molar-refractivity contribution is 5.79. The second-order valence-corrected chi connectivity index (χ2v) is 7.23. The van der Waals surface area contributed by atoms with Crippen LogP contribution in [0.25, 0.3) is 0 Å². The average Bonchev–Trinajstić information content (AvgIpc) is 3.26. The van der Waals surface area contributed by atoms with E-state index in [0.29, 0.717) is 19.0 Å². The number of guanidine groups is 1. The molecular weight excluding hydrogens is 348 g/mol. The van der Waals surface area contributed by atoms with Gasteiger partial charge in [0, 0.05) is 25.3 Å². The molecule has 0 aliphatic carbocycles. The lowest BCUT2D eigenvalue weighted by atomic mass is 9.96. The zero-order chi connectivity index (χ0) is 19.8. The lowest BCUT2D eigenvalue weighted by Gasteiger charge is -2.25. The van der Waals surface area contributed by atoms with Crippen molar-refractivity contribution in [1.29, 1.82) is 0 Å². The van der Waals surface area contributed by atoms with Crippen LogP contribution in [0.5, 0.6) is 0 Å². The van der Waals surface area contributed by atoms with Crippen LogP contribution in [-0.4, -0.2) is 37.2 Å². The number of rotatable bonds is 7. The maximum Gasteiger partial charge on any atom is 0.191 e. The molecule has 0 radical (unpaired) electrons. The standard InChI is InChI=1S/C23H30N4O/c1-3-24-22(26-18-23(2,28)20-9-5-4-6-10-20)25-17-19-11-13-21(14-12-19)27-15-7-8-16-27/h4-14,28H,3,15-18H2,1-2H3,(H2,24,25,26). The largest absolute Gasteiger partial charge is 0.384 e. The van der Waals surface area contributed by atoms with E-state index in [0.717, 1.165) is 30.8 Å². The predicted molar refractivity (Wildman–Crippen MR) is 117 cm³/mol. The first-order valence-corrected chi connectivity index (χ1v) is 9.87. The molecule has 3 N–H and O–H groups in total. The summed E-state index contributed by atoms with van der Waals surface area (Å²) >= 11 is 0. The first-order chi connectivity index (χ1) is 13.6. The first kappa shape index (κ1) is 20.0. The van der Waals surface area contributed by atoms with Gasteiger partial charge in [-0.2, -0.15) is 0 Å². The van der Waals surface area contributed by atoms with Gasteiger partial charge in [-0.05, 0) is 37.1 Å². The number of nitrogens with zero attached hydrogens (tertiary/aromatic N) is 2. The summed E-state index contributed by atoms with van der Waals surface area (Å²) in [6, 6.07) is 18.2. The quantitative estimate of drug-likeness (QED) is 0.394. The van der Waals surface area contributed by atoms with Crippen molar-refractivity contribution in [3.8, 4) is 0 Å². The third-order valence-electron chi connectivity index (χ3n) is 4.88. The summed E-state index contributed by atoms with van der Waals surface area (Å²) in [5.74, 6) is 0.700. The number of anilines is 1. The summed E-state index contributed by atoms with van der Waals surface area (Å²) in [7, 11) is 0. The van der Waals surface area contributed by atoms with Gasteiger partial charge in [-0.25, -0.2) is 4.99 Å². The zero-order valence-corrected chi connectivity index (χ0v) is 16.7. The number of hydrogen-bond acceptors (Lipinski definition) is 3. The minimum absolute atomic E-state index is 0.379. The first-order valence-electron chi connectivity index (χ1n) is 9.87. The van der Waals surface area contributed by atoms with Crippen molar-refractivity contribution in [2.24, 2.45) is 4.99 Å². The molecule has 28 heavy (non-hydrogen) atoms. The molecule has 0 aromatic heterocycles. The number of hydrogen-bond donors (Lipinski definition) is 3. The van der Waals surface area contributed by atoms with Crippen LogP contribution in [0.3, 0.4) is 0 Å². The minimum Gasteiger partial charge on any atom is -0.384 e. The Morgan fingerprint density at radius 2 is 1.71 bits per heavy atom. The number of benzene rings is 2. The van der Waals surface area contributed by atoms with Crippen molar-refractivity contribution < 1.29 is 5.11 Å². The van der Waals surface area contributed by atoms with Crippen molar-refractivity contribution in [2.75, 3.05) is 31.1 Å². The number of nitrogens with one attached hydrogen (secondary N) is 2. The smallest absolute Gasteiger partial charge is 0.191 e. The van der Waals surface area contributed by atoms with Crippen molar-refractivity contribution >= 4 is 11.6 Å². The molecule has 0 saturated carbocycles. The monoisotopic (exact) mass is 378 g/mol. The van der Waals surface area contributed by atoms with Crippen LogP contribution in [0.4, 0.5) is 5.69 Å². The van der Waals surface area contributed by atoms with E-state index in [9.17, 15) is 5.11 Å². The van der Waals surface area contributed by atoms with Gasteiger partial charge in [0.05, 0.1) is 13.1 Å². The summed E-state index contributed by atoms with van der Waals surface area (Å²) in [5, 5.41) is 17.3. The Balaban J connectivity index is 1.59. The molecule has 3 rings (SSSR count). The SMILES string of the molecule is CCNC(=NCc1ccc(N2CC=CC2)cc1)NCC(C)(O)c1ccccc1. The van der Waals surface area contributed by atoms with Gasteiger partial charge in [-0.3, -0.25) is 0 Å². The summed E-state index contributed by atoms with van der Waals surface area (Å²) in [4.78, 5) is 6.99. The number of aliphatic imine (C=N–C) groups is 1. The van der Waals surface area contributed by atoms with Gasteiger partial charge in [0.1, 0.15) is 5.60 Å². The molecule has 2 aromatic carbocycles. The third kappa shape index (κ3) is 5.36. The number of aliphatic hydroxyl groups is 1. The molecule has 1 unspecified atom stereocenters. The molecule has 1 aliphatic heterocycles. The third-order valence-corrected chi connectivity index (χ3v) is 4.88. The molecule has 1 heterocycles. The molecule has 0 saturated heterocycles. The van der Waals surface area contributed by atoms with Crippen LogP contribution in [0.2, 0.25) is 0 Å². The Bertz CT molecular complexity index is 789. The van der Waals surface area contributed by atoms with E-state index in [4.69, 9.17) is 0 Å². The molecule has 0 bridgehead atoms. The van der Waals surface area contributed by atoms with Gasteiger partial charge in [-0.15, -0.1) is 0 Å². The van der Waals surface area contributed by atoms with E-state index < -0.39 is 5.60 Å². The average molecular weight is 379 g/mol. The Kier molecular flexibility index (Phi) is 6.71. The molecule has 5 heteroatoms. The molecule has 1 aliphatic rings. The van der Waals surface area contributed by atoms with Gasteiger partial charge < -0.3 is 20.6 Å². The van der Waals surface area contributed by atoms with Crippen LogP contribution in [0.1, 0.15) is 25.0 Å². The van der Waals surface area contributed by atoms with Crippen LogP contribution in [0, 0.1) is 0 Å². The van der Waals surface area contributed by atoms with Gasteiger partial charge in [-0.1, -0.05) is 54.6 Å². The second-order valence-electron chi connectivity index (χ2n) is 7.23. The summed E-state index contributed by atoms with van der Waals surface area (Å²) < 4.78 is 0. The highest BCUT2D eigenvalue weighted by Crippen LogP contribution is 2.19. The van der Waals surface area contributed by atoms with Crippen molar-refractivity contribution in [3.63, 3.8) is 0 Å². The predicted octanol–water partition coefficient (Wildman–Crippen LogP) is 3.03. The maximum atomic E-state index is 10.8. The molecule has 5 nitrogen and oxygen atoms in total.